The maximum atomic E-state index is 12.6. The molecule has 0 bridgehead atoms. The van der Waals surface area contributed by atoms with Gasteiger partial charge in [0.2, 0.25) is 0 Å². The minimum absolute atomic E-state index is 0.00728. The lowest BCUT2D eigenvalue weighted by Gasteiger charge is -2.12. The van der Waals surface area contributed by atoms with Crippen molar-refractivity contribution in [3.05, 3.63) is 62.2 Å². The zero-order valence-corrected chi connectivity index (χ0v) is 13.3. The van der Waals surface area contributed by atoms with Crippen molar-refractivity contribution in [2.75, 3.05) is 7.11 Å². The molecule has 2 aromatic rings. The fourth-order valence-corrected chi connectivity index (χ4v) is 2.70. The number of rotatable bonds is 3. The van der Waals surface area contributed by atoms with Crippen molar-refractivity contribution in [1.29, 1.82) is 0 Å². The van der Waals surface area contributed by atoms with E-state index in [0.717, 1.165) is 14.7 Å². The number of halogens is 1. The van der Waals surface area contributed by atoms with Gasteiger partial charge in [-0.1, -0.05) is 18.2 Å². The number of ketones is 1. The zero-order chi connectivity index (χ0) is 14.0. The number of aryl methyl sites for hydroxylation is 2. The molecule has 19 heavy (non-hydrogen) atoms. The Morgan fingerprint density at radius 3 is 2.53 bits per heavy atom. The Morgan fingerprint density at radius 2 is 1.89 bits per heavy atom. The predicted molar refractivity (Wildman–Crippen MR) is 85.1 cm³/mol. The lowest BCUT2D eigenvalue weighted by molar-refractivity contribution is 0.103. The van der Waals surface area contributed by atoms with Gasteiger partial charge in [0.05, 0.1) is 12.7 Å². The average molecular weight is 366 g/mol. The summed E-state index contributed by atoms with van der Waals surface area (Å²) < 4.78 is 6.41. The molecule has 0 saturated heterocycles. The molecule has 0 fully saturated rings. The number of hydrogen-bond acceptors (Lipinski definition) is 2. The molecule has 0 aliphatic carbocycles. The summed E-state index contributed by atoms with van der Waals surface area (Å²) in [5.41, 5.74) is 3.38. The minimum atomic E-state index is 0.00728. The summed E-state index contributed by atoms with van der Waals surface area (Å²) in [5, 5.41) is 0. The highest BCUT2D eigenvalue weighted by Crippen LogP contribution is 2.27. The molecule has 0 aliphatic rings. The summed E-state index contributed by atoms with van der Waals surface area (Å²) in [5.74, 6) is 0.647. The Hall–Kier alpha value is -1.36. The summed E-state index contributed by atoms with van der Waals surface area (Å²) >= 11 is 2.21. The van der Waals surface area contributed by atoms with Gasteiger partial charge >= 0.3 is 0 Å². The van der Waals surface area contributed by atoms with Gasteiger partial charge in [0.15, 0.2) is 5.78 Å². The third-order valence-electron chi connectivity index (χ3n) is 2.98. The van der Waals surface area contributed by atoms with Crippen LogP contribution in [0.2, 0.25) is 0 Å². The number of ether oxygens (including phenoxy) is 1. The van der Waals surface area contributed by atoms with Crippen LogP contribution in [0.4, 0.5) is 0 Å². The van der Waals surface area contributed by atoms with E-state index >= 15 is 0 Å². The van der Waals surface area contributed by atoms with Gasteiger partial charge in [0.1, 0.15) is 5.75 Å². The Labute approximate surface area is 126 Å². The molecule has 0 N–H and O–H groups in total. The van der Waals surface area contributed by atoms with Gasteiger partial charge in [-0.25, -0.2) is 0 Å². The first-order valence-electron chi connectivity index (χ1n) is 5.98. The molecule has 0 saturated carbocycles. The molecule has 0 aliphatic heterocycles. The molecule has 2 rings (SSSR count). The molecule has 0 heterocycles. The van der Waals surface area contributed by atoms with Crippen LogP contribution in [0.5, 0.6) is 5.75 Å². The number of benzene rings is 2. The van der Waals surface area contributed by atoms with Crippen molar-refractivity contribution >= 4 is 28.4 Å². The van der Waals surface area contributed by atoms with E-state index < -0.39 is 0 Å². The van der Waals surface area contributed by atoms with Crippen molar-refractivity contribution in [2.45, 2.75) is 13.8 Å². The van der Waals surface area contributed by atoms with E-state index in [2.05, 4.69) is 22.6 Å². The highest BCUT2D eigenvalue weighted by atomic mass is 127. The fraction of sp³-hybridized carbons (Fsp3) is 0.188. The van der Waals surface area contributed by atoms with Gasteiger partial charge in [-0.3, -0.25) is 4.79 Å². The zero-order valence-electron chi connectivity index (χ0n) is 11.2. The fourth-order valence-electron chi connectivity index (χ4n) is 2.15. The van der Waals surface area contributed by atoms with E-state index in [0.29, 0.717) is 16.9 Å². The quantitative estimate of drug-likeness (QED) is 0.603. The summed E-state index contributed by atoms with van der Waals surface area (Å²) in [6.07, 6.45) is 0. The van der Waals surface area contributed by atoms with Crippen molar-refractivity contribution < 1.29 is 9.53 Å². The lowest BCUT2D eigenvalue weighted by Crippen LogP contribution is -2.07. The standard InChI is InChI=1S/C16H15IO2/c1-10-7-11(2)15(14(8-10)19-3)16(18)12-5-4-6-13(17)9-12/h4-9H,1-3H3. The molecule has 0 amide bonds. The van der Waals surface area contributed by atoms with Crippen molar-refractivity contribution in [3.63, 3.8) is 0 Å². The molecule has 0 spiro atoms. The Bertz CT molecular complexity index is 633. The van der Waals surface area contributed by atoms with Gasteiger partial charge in [0.25, 0.3) is 0 Å². The molecule has 3 heteroatoms. The normalized spacial score (nSPS) is 10.3. The number of hydrogen-bond donors (Lipinski definition) is 0. The maximum absolute atomic E-state index is 12.6. The smallest absolute Gasteiger partial charge is 0.197 e. The van der Waals surface area contributed by atoms with E-state index in [4.69, 9.17) is 4.74 Å². The van der Waals surface area contributed by atoms with Gasteiger partial charge in [-0.2, -0.15) is 0 Å². The second kappa shape index (κ2) is 5.74. The van der Waals surface area contributed by atoms with Crippen molar-refractivity contribution in [1.82, 2.24) is 0 Å². The summed E-state index contributed by atoms with van der Waals surface area (Å²) in [6.45, 7) is 3.94. The molecule has 0 unspecified atom stereocenters. The van der Waals surface area contributed by atoms with Gasteiger partial charge in [0, 0.05) is 9.13 Å². The van der Waals surface area contributed by atoms with E-state index in [9.17, 15) is 4.79 Å². The van der Waals surface area contributed by atoms with Gasteiger partial charge in [-0.15, -0.1) is 0 Å². The first kappa shape index (κ1) is 14.1. The van der Waals surface area contributed by atoms with Crippen LogP contribution in [-0.4, -0.2) is 12.9 Å². The third-order valence-corrected chi connectivity index (χ3v) is 3.65. The highest BCUT2D eigenvalue weighted by Gasteiger charge is 2.17. The maximum Gasteiger partial charge on any atom is 0.197 e. The largest absolute Gasteiger partial charge is 0.496 e. The summed E-state index contributed by atoms with van der Waals surface area (Å²) in [4.78, 5) is 12.6. The average Bonchev–Trinajstić information content (AvgIpc) is 2.37. The Kier molecular flexibility index (Phi) is 4.24. The molecular weight excluding hydrogens is 351 g/mol. The second-order valence-corrected chi connectivity index (χ2v) is 5.74. The third kappa shape index (κ3) is 2.97. The van der Waals surface area contributed by atoms with Crippen LogP contribution in [-0.2, 0) is 0 Å². The minimum Gasteiger partial charge on any atom is -0.496 e. The van der Waals surface area contributed by atoms with Crippen LogP contribution < -0.4 is 4.74 Å². The van der Waals surface area contributed by atoms with Crippen molar-refractivity contribution in [2.24, 2.45) is 0 Å². The van der Waals surface area contributed by atoms with Crippen LogP contribution in [0.15, 0.2) is 36.4 Å². The SMILES string of the molecule is COc1cc(C)cc(C)c1C(=O)c1cccc(I)c1. The van der Waals surface area contributed by atoms with Crippen molar-refractivity contribution in [3.8, 4) is 5.75 Å². The first-order valence-corrected chi connectivity index (χ1v) is 7.06. The topological polar surface area (TPSA) is 26.3 Å². The lowest BCUT2D eigenvalue weighted by atomic mass is 9.96. The summed E-state index contributed by atoms with van der Waals surface area (Å²) in [7, 11) is 1.60. The summed E-state index contributed by atoms with van der Waals surface area (Å²) in [6, 6.07) is 11.5. The molecule has 0 radical (unpaired) electrons. The molecule has 2 aromatic carbocycles. The van der Waals surface area contributed by atoms with E-state index in [-0.39, 0.29) is 5.78 Å². The molecule has 0 aromatic heterocycles. The molecule has 2 nitrogen and oxygen atoms in total. The van der Waals surface area contributed by atoms with Crippen LogP contribution in [0.3, 0.4) is 0 Å². The van der Waals surface area contributed by atoms with Crippen LogP contribution in [0, 0.1) is 17.4 Å². The highest BCUT2D eigenvalue weighted by molar-refractivity contribution is 14.1. The Morgan fingerprint density at radius 1 is 1.16 bits per heavy atom. The van der Waals surface area contributed by atoms with Crippen LogP contribution in [0.25, 0.3) is 0 Å². The predicted octanol–water partition coefficient (Wildman–Crippen LogP) is 4.15. The number of methoxy groups -OCH3 is 1. The molecule has 98 valence electrons. The number of carbonyl (C=O) groups is 1. The van der Waals surface area contributed by atoms with E-state index in [1.165, 1.54) is 0 Å². The van der Waals surface area contributed by atoms with E-state index in [1.54, 1.807) is 7.11 Å². The van der Waals surface area contributed by atoms with Crippen LogP contribution in [0.1, 0.15) is 27.0 Å². The second-order valence-electron chi connectivity index (χ2n) is 4.50. The molecule has 0 atom stereocenters. The van der Waals surface area contributed by atoms with E-state index in [1.807, 2.05) is 50.2 Å². The molecular formula is C16H15IO2. The van der Waals surface area contributed by atoms with Gasteiger partial charge < -0.3 is 4.74 Å². The number of carbonyl (C=O) groups excluding carboxylic acids is 1. The van der Waals surface area contributed by atoms with Crippen LogP contribution >= 0.6 is 22.6 Å². The van der Waals surface area contributed by atoms with Gasteiger partial charge in [-0.05, 0) is 65.8 Å². The first-order chi connectivity index (χ1) is 9.02. The monoisotopic (exact) mass is 366 g/mol. The Balaban J connectivity index is 2.56.